The fourth-order valence-corrected chi connectivity index (χ4v) is 1.75. The van der Waals surface area contributed by atoms with Crippen molar-refractivity contribution in [3.8, 4) is 0 Å². The third-order valence-electron chi connectivity index (χ3n) is 2.57. The van der Waals surface area contributed by atoms with Gasteiger partial charge < -0.3 is 9.84 Å². The Hall–Kier alpha value is -0.0800. The zero-order valence-electron chi connectivity index (χ0n) is 9.63. The molecular weight excluding hydrogens is 164 g/mol. The number of aliphatic hydroxyl groups excluding tert-OH is 1. The van der Waals surface area contributed by atoms with Crippen LogP contribution in [0.5, 0.6) is 0 Å². The number of hydrogen-bond acceptors (Lipinski definition) is 2. The highest BCUT2D eigenvalue weighted by molar-refractivity contribution is 4.84. The maximum Gasteiger partial charge on any atom is 0.157 e. The Morgan fingerprint density at radius 2 is 1.92 bits per heavy atom. The molecule has 1 N–H and O–H groups in total. The number of hydrogen-bond donors (Lipinski definition) is 1. The minimum Gasteiger partial charge on any atom is -0.368 e. The molecule has 0 amide bonds. The Kier molecular flexibility index (Phi) is 5.57. The summed E-state index contributed by atoms with van der Waals surface area (Å²) in [6, 6.07) is 0. The summed E-state index contributed by atoms with van der Waals surface area (Å²) in [4.78, 5) is 0. The molecule has 1 fully saturated rings. The lowest BCUT2D eigenvalue weighted by Crippen LogP contribution is -2.26. The van der Waals surface area contributed by atoms with Gasteiger partial charge in [-0.05, 0) is 11.8 Å². The molecule has 0 bridgehead atoms. The van der Waals surface area contributed by atoms with Crippen LogP contribution in [0, 0.1) is 11.3 Å². The van der Waals surface area contributed by atoms with E-state index in [1.807, 2.05) is 13.8 Å². The molecule has 0 saturated carbocycles. The molecule has 0 radical (unpaired) electrons. The van der Waals surface area contributed by atoms with Crippen LogP contribution in [0.1, 0.15) is 47.5 Å². The predicted molar refractivity (Wildman–Crippen MR) is 55.5 cm³/mol. The van der Waals surface area contributed by atoms with E-state index in [1.165, 1.54) is 0 Å². The highest BCUT2D eigenvalue weighted by Gasteiger charge is 2.41. The second-order valence-corrected chi connectivity index (χ2v) is 4.09. The van der Waals surface area contributed by atoms with Crippen LogP contribution in [-0.4, -0.2) is 18.0 Å². The van der Waals surface area contributed by atoms with Gasteiger partial charge in [0.05, 0.1) is 6.61 Å². The molecule has 0 aromatic rings. The van der Waals surface area contributed by atoms with Crippen LogP contribution in [0.15, 0.2) is 0 Å². The van der Waals surface area contributed by atoms with Crippen molar-refractivity contribution in [1.82, 2.24) is 0 Å². The van der Waals surface area contributed by atoms with Gasteiger partial charge in [0.1, 0.15) is 0 Å². The second kappa shape index (κ2) is 5.61. The first kappa shape index (κ1) is 12.9. The zero-order valence-corrected chi connectivity index (χ0v) is 9.63. The largest absolute Gasteiger partial charge is 0.368 e. The highest BCUT2D eigenvalue weighted by atomic mass is 16.6. The number of rotatable bonds is 2. The van der Waals surface area contributed by atoms with E-state index in [0.717, 1.165) is 12.8 Å². The summed E-state index contributed by atoms with van der Waals surface area (Å²) in [5, 5.41) is 9.43. The van der Waals surface area contributed by atoms with Gasteiger partial charge in [0, 0.05) is 5.92 Å². The standard InChI is InChI=1S/C9H18O2.C2H6/c1-4-5-7-8(10)11-6-9(7,2)3;1-2/h7-8,10H,4-6H2,1-3H3;1-2H3. The van der Waals surface area contributed by atoms with Crippen molar-refractivity contribution in [2.75, 3.05) is 6.61 Å². The normalized spacial score (nSPS) is 30.9. The van der Waals surface area contributed by atoms with Crippen LogP contribution in [0.3, 0.4) is 0 Å². The van der Waals surface area contributed by atoms with Crippen LogP contribution >= 0.6 is 0 Å². The van der Waals surface area contributed by atoms with E-state index in [9.17, 15) is 5.11 Å². The SMILES string of the molecule is CC.CCCC1C(O)OCC1(C)C. The third-order valence-corrected chi connectivity index (χ3v) is 2.57. The first-order chi connectivity index (χ1) is 6.08. The van der Waals surface area contributed by atoms with Crippen LogP contribution < -0.4 is 0 Å². The summed E-state index contributed by atoms with van der Waals surface area (Å²) < 4.78 is 5.19. The molecule has 2 nitrogen and oxygen atoms in total. The van der Waals surface area contributed by atoms with Gasteiger partial charge in [0.2, 0.25) is 0 Å². The van der Waals surface area contributed by atoms with Crippen molar-refractivity contribution < 1.29 is 9.84 Å². The van der Waals surface area contributed by atoms with Gasteiger partial charge in [0.15, 0.2) is 6.29 Å². The van der Waals surface area contributed by atoms with Gasteiger partial charge in [0.25, 0.3) is 0 Å². The van der Waals surface area contributed by atoms with Gasteiger partial charge in [-0.15, -0.1) is 0 Å². The van der Waals surface area contributed by atoms with Crippen molar-refractivity contribution in [3.05, 3.63) is 0 Å². The topological polar surface area (TPSA) is 29.5 Å². The highest BCUT2D eigenvalue weighted by Crippen LogP contribution is 2.39. The molecule has 1 rings (SSSR count). The van der Waals surface area contributed by atoms with E-state index in [2.05, 4.69) is 20.8 Å². The quantitative estimate of drug-likeness (QED) is 0.722. The lowest BCUT2D eigenvalue weighted by atomic mass is 9.79. The molecule has 13 heavy (non-hydrogen) atoms. The lowest BCUT2D eigenvalue weighted by molar-refractivity contribution is -0.0839. The van der Waals surface area contributed by atoms with Crippen molar-refractivity contribution in [3.63, 3.8) is 0 Å². The van der Waals surface area contributed by atoms with Gasteiger partial charge in [-0.25, -0.2) is 0 Å². The Bertz CT molecular complexity index is 132. The summed E-state index contributed by atoms with van der Waals surface area (Å²) in [6.07, 6.45) is 1.66. The Morgan fingerprint density at radius 1 is 1.38 bits per heavy atom. The summed E-state index contributed by atoms with van der Waals surface area (Å²) in [5.74, 6) is 0.326. The van der Waals surface area contributed by atoms with Gasteiger partial charge >= 0.3 is 0 Å². The fourth-order valence-electron chi connectivity index (χ4n) is 1.75. The predicted octanol–water partition coefficient (Wildman–Crippen LogP) is 2.80. The Labute approximate surface area is 82.3 Å². The minimum atomic E-state index is -0.523. The van der Waals surface area contributed by atoms with Crippen LogP contribution in [0.25, 0.3) is 0 Å². The lowest BCUT2D eigenvalue weighted by Gasteiger charge is -2.25. The smallest absolute Gasteiger partial charge is 0.157 e. The molecule has 1 aliphatic heterocycles. The first-order valence-electron chi connectivity index (χ1n) is 5.37. The molecule has 0 aromatic heterocycles. The molecule has 1 saturated heterocycles. The van der Waals surface area contributed by atoms with E-state index in [1.54, 1.807) is 0 Å². The average molecular weight is 188 g/mol. The average Bonchev–Trinajstić information content (AvgIpc) is 2.36. The third kappa shape index (κ3) is 3.28. The molecule has 0 aliphatic carbocycles. The van der Waals surface area contributed by atoms with Gasteiger partial charge in [-0.1, -0.05) is 41.0 Å². The van der Waals surface area contributed by atoms with Crippen molar-refractivity contribution in [1.29, 1.82) is 0 Å². The van der Waals surface area contributed by atoms with Crippen LogP contribution in [-0.2, 0) is 4.74 Å². The molecule has 1 aliphatic rings. The summed E-state index contributed by atoms with van der Waals surface area (Å²) in [7, 11) is 0. The van der Waals surface area contributed by atoms with E-state index in [-0.39, 0.29) is 5.41 Å². The zero-order chi connectivity index (χ0) is 10.5. The van der Waals surface area contributed by atoms with Crippen molar-refractivity contribution in [2.24, 2.45) is 11.3 Å². The molecule has 1 heterocycles. The summed E-state index contributed by atoms with van der Waals surface area (Å²) in [5.41, 5.74) is 0.162. The maximum atomic E-state index is 9.43. The molecule has 2 unspecified atom stereocenters. The van der Waals surface area contributed by atoms with E-state index in [4.69, 9.17) is 4.74 Å². The van der Waals surface area contributed by atoms with E-state index >= 15 is 0 Å². The molecule has 2 heteroatoms. The Morgan fingerprint density at radius 3 is 2.23 bits per heavy atom. The monoisotopic (exact) mass is 188 g/mol. The van der Waals surface area contributed by atoms with Crippen LogP contribution in [0.2, 0.25) is 0 Å². The maximum absolute atomic E-state index is 9.43. The minimum absolute atomic E-state index is 0.162. The summed E-state index contributed by atoms with van der Waals surface area (Å²) in [6.45, 7) is 11.1. The van der Waals surface area contributed by atoms with E-state index < -0.39 is 6.29 Å². The molecule has 80 valence electrons. The molecule has 0 spiro atoms. The van der Waals surface area contributed by atoms with Crippen LogP contribution in [0.4, 0.5) is 0 Å². The van der Waals surface area contributed by atoms with Gasteiger partial charge in [-0.2, -0.15) is 0 Å². The fraction of sp³-hybridized carbons (Fsp3) is 1.00. The summed E-state index contributed by atoms with van der Waals surface area (Å²) >= 11 is 0. The number of aliphatic hydroxyl groups is 1. The Balaban J connectivity index is 0.000000671. The molecule has 2 atom stereocenters. The first-order valence-corrected chi connectivity index (χ1v) is 5.37. The number of ether oxygens (including phenoxy) is 1. The molecular formula is C11H24O2. The van der Waals surface area contributed by atoms with Gasteiger partial charge in [-0.3, -0.25) is 0 Å². The second-order valence-electron chi connectivity index (χ2n) is 4.09. The van der Waals surface area contributed by atoms with E-state index in [0.29, 0.717) is 12.5 Å². The van der Waals surface area contributed by atoms with Crippen molar-refractivity contribution in [2.45, 2.75) is 53.8 Å². The molecule has 0 aromatic carbocycles. The van der Waals surface area contributed by atoms with Crippen molar-refractivity contribution >= 4 is 0 Å².